The number of carbonyl (C=O) groups excluding carboxylic acids is 2. The molecule has 1 aliphatic heterocycles. The second-order valence-electron chi connectivity index (χ2n) is 4.47. The van der Waals surface area contributed by atoms with Gasteiger partial charge in [0.1, 0.15) is 0 Å². The van der Waals surface area contributed by atoms with Gasteiger partial charge < -0.3 is 10.6 Å². The van der Waals surface area contributed by atoms with Crippen molar-refractivity contribution in [3.63, 3.8) is 0 Å². The molecule has 5 heteroatoms. The van der Waals surface area contributed by atoms with E-state index in [2.05, 4.69) is 26.6 Å². The minimum Gasteiger partial charge on any atom is -0.354 e. The van der Waals surface area contributed by atoms with Gasteiger partial charge in [-0.3, -0.25) is 9.59 Å². The van der Waals surface area contributed by atoms with E-state index >= 15 is 0 Å². The van der Waals surface area contributed by atoms with Crippen molar-refractivity contribution < 1.29 is 9.59 Å². The van der Waals surface area contributed by atoms with Gasteiger partial charge in [-0.15, -0.1) is 0 Å². The number of amides is 2. The highest BCUT2D eigenvalue weighted by molar-refractivity contribution is 9.10. The van der Waals surface area contributed by atoms with Gasteiger partial charge in [-0.1, -0.05) is 22.0 Å². The topological polar surface area (TPSA) is 58.2 Å². The first-order valence-corrected chi connectivity index (χ1v) is 6.69. The second-order valence-corrected chi connectivity index (χ2v) is 5.39. The Hall–Kier alpha value is -1.36. The van der Waals surface area contributed by atoms with E-state index in [1.165, 1.54) is 0 Å². The number of aryl methyl sites for hydroxylation is 1. The Morgan fingerprint density at radius 2 is 2.28 bits per heavy atom. The predicted octanol–water partition coefficient (Wildman–Crippen LogP) is 1.77. The first kappa shape index (κ1) is 13.1. The number of hydrogen-bond donors (Lipinski definition) is 2. The van der Waals surface area contributed by atoms with Gasteiger partial charge in [0.15, 0.2) is 0 Å². The average molecular weight is 311 g/mol. The molecule has 1 aromatic rings. The lowest BCUT2D eigenvalue weighted by Gasteiger charge is -2.23. The molecule has 96 valence electrons. The molecule has 2 N–H and O–H groups in total. The summed E-state index contributed by atoms with van der Waals surface area (Å²) in [7, 11) is 0. The largest absolute Gasteiger partial charge is 0.354 e. The number of nitrogens with one attached hydrogen (secondary N) is 2. The smallest absolute Gasteiger partial charge is 0.251 e. The van der Waals surface area contributed by atoms with Crippen LogP contribution in [0, 0.1) is 6.92 Å². The van der Waals surface area contributed by atoms with Crippen molar-refractivity contribution in [1.29, 1.82) is 0 Å². The molecule has 0 bridgehead atoms. The van der Waals surface area contributed by atoms with Crippen LogP contribution in [0.4, 0.5) is 0 Å². The highest BCUT2D eigenvalue weighted by atomic mass is 79.9. The summed E-state index contributed by atoms with van der Waals surface area (Å²) in [5.41, 5.74) is 1.61. The summed E-state index contributed by atoms with van der Waals surface area (Å²) in [5, 5.41) is 5.70. The van der Waals surface area contributed by atoms with E-state index in [1.807, 2.05) is 25.1 Å². The van der Waals surface area contributed by atoms with Crippen molar-refractivity contribution in [2.24, 2.45) is 0 Å². The third kappa shape index (κ3) is 3.10. The Morgan fingerprint density at radius 1 is 1.50 bits per heavy atom. The van der Waals surface area contributed by atoms with Crippen LogP contribution >= 0.6 is 15.9 Å². The molecule has 1 aromatic carbocycles. The maximum absolute atomic E-state index is 12.1. The normalized spacial score (nSPS) is 19.2. The van der Waals surface area contributed by atoms with Crippen LogP contribution < -0.4 is 10.6 Å². The summed E-state index contributed by atoms with van der Waals surface area (Å²) < 4.78 is 0.884. The molecule has 2 amide bonds. The Bertz CT molecular complexity index is 478. The molecule has 1 heterocycles. The van der Waals surface area contributed by atoms with Crippen LogP contribution in [-0.4, -0.2) is 24.4 Å². The van der Waals surface area contributed by atoms with E-state index in [1.54, 1.807) is 0 Å². The van der Waals surface area contributed by atoms with Crippen molar-refractivity contribution in [1.82, 2.24) is 10.6 Å². The summed E-state index contributed by atoms with van der Waals surface area (Å²) in [6.07, 6.45) is 1.17. The van der Waals surface area contributed by atoms with Crippen LogP contribution in [0.25, 0.3) is 0 Å². The molecule has 1 unspecified atom stereocenters. The van der Waals surface area contributed by atoms with Gasteiger partial charge in [0, 0.05) is 29.0 Å². The lowest BCUT2D eigenvalue weighted by molar-refractivity contribution is -0.122. The van der Waals surface area contributed by atoms with Crippen LogP contribution in [0.15, 0.2) is 22.7 Å². The SMILES string of the molecule is Cc1ccc(Br)cc1C(=O)NC1CCC(=O)NC1. The molecular formula is C13H15BrN2O2. The van der Waals surface area contributed by atoms with Crippen molar-refractivity contribution >= 4 is 27.7 Å². The number of hydrogen-bond acceptors (Lipinski definition) is 2. The van der Waals surface area contributed by atoms with Gasteiger partial charge in [0.25, 0.3) is 5.91 Å². The Labute approximate surface area is 114 Å². The molecule has 0 aliphatic carbocycles. The molecule has 0 aromatic heterocycles. The lowest BCUT2D eigenvalue weighted by Crippen LogP contribution is -2.47. The minimum atomic E-state index is -0.0880. The zero-order valence-electron chi connectivity index (χ0n) is 10.1. The van der Waals surface area contributed by atoms with Gasteiger partial charge in [0.2, 0.25) is 5.91 Å². The fourth-order valence-corrected chi connectivity index (χ4v) is 2.32. The van der Waals surface area contributed by atoms with Crippen molar-refractivity contribution in [2.75, 3.05) is 6.54 Å². The quantitative estimate of drug-likeness (QED) is 0.874. The first-order valence-electron chi connectivity index (χ1n) is 5.90. The molecule has 1 aliphatic rings. The van der Waals surface area contributed by atoms with E-state index < -0.39 is 0 Å². The van der Waals surface area contributed by atoms with Gasteiger partial charge in [-0.2, -0.15) is 0 Å². The van der Waals surface area contributed by atoms with Crippen molar-refractivity contribution in [3.05, 3.63) is 33.8 Å². The molecule has 1 saturated heterocycles. The summed E-state index contributed by atoms with van der Waals surface area (Å²) in [4.78, 5) is 23.2. The third-order valence-corrected chi connectivity index (χ3v) is 3.54. The molecular weight excluding hydrogens is 296 g/mol. The van der Waals surface area contributed by atoms with E-state index in [0.717, 1.165) is 10.0 Å². The summed E-state index contributed by atoms with van der Waals surface area (Å²) >= 11 is 3.36. The number of benzene rings is 1. The molecule has 1 fully saturated rings. The average Bonchev–Trinajstić information content (AvgIpc) is 2.35. The summed E-state index contributed by atoms with van der Waals surface area (Å²) in [6.45, 7) is 2.42. The van der Waals surface area contributed by atoms with Crippen LogP contribution in [0.5, 0.6) is 0 Å². The van der Waals surface area contributed by atoms with Gasteiger partial charge in [-0.25, -0.2) is 0 Å². The van der Waals surface area contributed by atoms with Gasteiger partial charge >= 0.3 is 0 Å². The second kappa shape index (κ2) is 5.52. The minimum absolute atomic E-state index is 0.0218. The predicted molar refractivity (Wildman–Crippen MR) is 72.4 cm³/mol. The number of halogens is 1. The van der Waals surface area contributed by atoms with Crippen LogP contribution in [0.1, 0.15) is 28.8 Å². The molecule has 4 nitrogen and oxygen atoms in total. The maximum Gasteiger partial charge on any atom is 0.251 e. The highest BCUT2D eigenvalue weighted by Gasteiger charge is 2.20. The van der Waals surface area contributed by atoms with E-state index in [9.17, 15) is 9.59 Å². The number of piperidine rings is 1. The van der Waals surface area contributed by atoms with Crippen molar-refractivity contribution in [3.8, 4) is 0 Å². The molecule has 0 radical (unpaired) electrons. The maximum atomic E-state index is 12.1. The third-order valence-electron chi connectivity index (χ3n) is 3.04. The van der Waals surface area contributed by atoms with E-state index in [0.29, 0.717) is 24.9 Å². The fraction of sp³-hybridized carbons (Fsp3) is 0.385. The van der Waals surface area contributed by atoms with Crippen LogP contribution in [0.2, 0.25) is 0 Å². The molecule has 1 atom stereocenters. The zero-order valence-corrected chi connectivity index (χ0v) is 11.7. The molecule has 0 spiro atoms. The molecule has 18 heavy (non-hydrogen) atoms. The van der Waals surface area contributed by atoms with Crippen LogP contribution in [0.3, 0.4) is 0 Å². The van der Waals surface area contributed by atoms with Gasteiger partial charge in [-0.05, 0) is 31.0 Å². The monoisotopic (exact) mass is 310 g/mol. The Balaban J connectivity index is 2.03. The Kier molecular flexibility index (Phi) is 4.01. The molecule has 0 saturated carbocycles. The highest BCUT2D eigenvalue weighted by Crippen LogP contribution is 2.16. The Morgan fingerprint density at radius 3 is 2.94 bits per heavy atom. The summed E-state index contributed by atoms with van der Waals surface area (Å²) in [6, 6.07) is 5.65. The summed E-state index contributed by atoms with van der Waals surface area (Å²) in [5.74, 6) is -0.0333. The lowest BCUT2D eigenvalue weighted by atomic mass is 10.0. The number of carbonyl (C=O) groups is 2. The van der Waals surface area contributed by atoms with E-state index in [4.69, 9.17) is 0 Å². The van der Waals surface area contributed by atoms with Crippen molar-refractivity contribution in [2.45, 2.75) is 25.8 Å². The first-order chi connectivity index (χ1) is 8.56. The van der Waals surface area contributed by atoms with Crippen LogP contribution in [-0.2, 0) is 4.79 Å². The van der Waals surface area contributed by atoms with E-state index in [-0.39, 0.29) is 17.9 Å². The molecule has 2 rings (SSSR count). The number of rotatable bonds is 2. The zero-order chi connectivity index (χ0) is 13.1. The standard InChI is InChI=1S/C13H15BrN2O2/c1-8-2-3-9(14)6-11(8)13(18)16-10-4-5-12(17)15-7-10/h2-3,6,10H,4-5,7H2,1H3,(H,15,17)(H,16,18). The van der Waals surface area contributed by atoms with Gasteiger partial charge in [0.05, 0.1) is 0 Å². The fourth-order valence-electron chi connectivity index (χ4n) is 1.96.